The van der Waals surface area contributed by atoms with E-state index >= 15 is 0 Å². The van der Waals surface area contributed by atoms with Gasteiger partial charge in [0.2, 0.25) is 0 Å². The summed E-state index contributed by atoms with van der Waals surface area (Å²) in [6.07, 6.45) is 4.26. The second-order valence-electron chi connectivity index (χ2n) is 6.87. The first-order valence-electron chi connectivity index (χ1n) is 9.34. The molecule has 28 heavy (non-hydrogen) atoms. The summed E-state index contributed by atoms with van der Waals surface area (Å²) in [7, 11) is 0. The lowest BCUT2D eigenvalue weighted by atomic mass is 9.99. The van der Waals surface area contributed by atoms with Crippen molar-refractivity contribution in [3.8, 4) is 0 Å². The monoisotopic (exact) mass is 371 g/mol. The number of pyridine rings is 1. The topological polar surface area (TPSA) is 62.3 Å². The van der Waals surface area contributed by atoms with Crippen molar-refractivity contribution < 1.29 is 9.59 Å². The fourth-order valence-corrected chi connectivity index (χ4v) is 3.43. The molecule has 0 saturated carbocycles. The maximum absolute atomic E-state index is 12.9. The van der Waals surface area contributed by atoms with Crippen LogP contribution in [0.2, 0.25) is 0 Å². The molecule has 140 valence electrons. The highest BCUT2D eigenvalue weighted by Gasteiger charge is 2.22. The quantitative estimate of drug-likeness (QED) is 0.766. The molecule has 1 aromatic heterocycles. The number of aromatic nitrogens is 1. The normalized spacial score (nSPS) is 12.9. The van der Waals surface area contributed by atoms with Gasteiger partial charge in [-0.15, -0.1) is 0 Å². The summed E-state index contributed by atoms with van der Waals surface area (Å²) in [6, 6.07) is 18.9. The van der Waals surface area contributed by atoms with Crippen LogP contribution in [0.1, 0.15) is 37.4 Å². The van der Waals surface area contributed by atoms with Crippen LogP contribution in [-0.2, 0) is 19.5 Å². The largest absolute Gasteiger partial charge is 0.348 e. The van der Waals surface area contributed by atoms with E-state index in [2.05, 4.69) is 22.4 Å². The van der Waals surface area contributed by atoms with Crippen LogP contribution in [0.4, 0.5) is 0 Å². The van der Waals surface area contributed by atoms with Crippen LogP contribution in [-0.4, -0.2) is 28.2 Å². The molecule has 0 saturated heterocycles. The van der Waals surface area contributed by atoms with Gasteiger partial charge in [-0.1, -0.05) is 36.4 Å². The summed E-state index contributed by atoms with van der Waals surface area (Å²) in [6.45, 7) is 1.69. The standard InChI is InChI=1S/C23H21N3O2/c27-22(25-15-17-5-4-11-24-14-17)19-8-3-9-20(13-19)23(28)26-12-10-18-6-1-2-7-21(18)16-26/h1-9,11,13-14H,10,12,15-16H2,(H,25,27). The van der Waals surface area contributed by atoms with E-state index in [1.807, 2.05) is 29.2 Å². The number of hydrogen-bond donors (Lipinski definition) is 1. The van der Waals surface area contributed by atoms with Crippen LogP contribution >= 0.6 is 0 Å². The van der Waals surface area contributed by atoms with Crippen LogP contribution in [0.15, 0.2) is 73.1 Å². The lowest BCUT2D eigenvalue weighted by molar-refractivity contribution is 0.0734. The molecule has 0 radical (unpaired) electrons. The van der Waals surface area contributed by atoms with Crippen molar-refractivity contribution in [2.45, 2.75) is 19.5 Å². The van der Waals surface area contributed by atoms with Crippen molar-refractivity contribution in [3.05, 3.63) is 101 Å². The molecule has 4 rings (SSSR count). The number of rotatable bonds is 4. The predicted octanol–water partition coefficient (Wildman–Crippen LogP) is 3.21. The van der Waals surface area contributed by atoms with Gasteiger partial charge in [0.25, 0.3) is 11.8 Å². The molecule has 0 aliphatic carbocycles. The third-order valence-electron chi connectivity index (χ3n) is 4.97. The number of fused-ring (bicyclic) bond motifs is 1. The molecule has 0 bridgehead atoms. The highest BCUT2D eigenvalue weighted by atomic mass is 16.2. The molecule has 5 heteroatoms. The minimum absolute atomic E-state index is 0.0450. The molecule has 5 nitrogen and oxygen atoms in total. The van der Waals surface area contributed by atoms with Crippen LogP contribution < -0.4 is 5.32 Å². The number of amides is 2. The van der Waals surface area contributed by atoms with Gasteiger partial charge in [-0.2, -0.15) is 0 Å². The van der Waals surface area contributed by atoms with E-state index in [9.17, 15) is 9.59 Å². The zero-order valence-electron chi connectivity index (χ0n) is 15.5. The van der Waals surface area contributed by atoms with Crippen LogP contribution in [0.5, 0.6) is 0 Å². The van der Waals surface area contributed by atoms with E-state index in [1.54, 1.807) is 36.7 Å². The minimum Gasteiger partial charge on any atom is -0.348 e. The van der Waals surface area contributed by atoms with Crippen LogP contribution in [0.25, 0.3) is 0 Å². The van der Waals surface area contributed by atoms with Gasteiger partial charge in [-0.25, -0.2) is 0 Å². The lowest BCUT2D eigenvalue weighted by Crippen LogP contribution is -2.36. The Labute approximate surface area is 164 Å². The third-order valence-corrected chi connectivity index (χ3v) is 4.97. The Balaban J connectivity index is 1.44. The molecule has 1 N–H and O–H groups in total. The first-order valence-corrected chi connectivity index (χ1v) is 9.34. The van der Waals surface area contributed by atoms with Crippen LogP contribution in [0.3, 0.4) is 0 Å². The molecule has 3 aromatic rings. The number of benzene rings is 2. The SMILES string of the molecule is O=C(NCc1cccnc1)c1cccc(C(=O)N2CCc3ccccc3C2)c1. The van der Waals surface area contributed by atoms with Gasteiger partial charge in [-0.05, 0) is 47.4 Å². The Morgan fingerprint density at radius 1 is 0.964 bits per heavy atom. The molecule has 2 heterocycles. The summed E-state index contributed by atoms with van der Waals surface area (Å²) in [5.41, 5.74) is 4.43. The van der Waals surface area contributed by atoms with Crippen LogP contribution in [0, 0.1) is 0 Å². The Kier molecular flexibility index (Phi) is 5.15. The number of carbonyl (C=O) groups is 2. The predicted molar refractivity (Wildman–Crippen MR) is 107 cm³/mol. The van der Waals surface area contributed by atoms with Gasteiger partial charge in [0, 0.05) is 43.2 Å². The van der Waals surface area contributed by atoms with E-state index < -0.39 is 0 Å². The molecule has 0 atom stereocenters. The average molecular weight is 371 g/mol. The lowest BCUT2D eigenvalue weighted by Gasteiger charge is -2.29. The number of nitrogens with one attached hydrogen (secondary N) is 1. The molecule has 0 fully saturated rings. The summed E-state index contributed by atoms with van der Waals surface area (Å²) < 4.78 is 0. The van der Waals surface area contributed by atoms with Gasteiger partial charge in [0.15, 0.2) is 0 Å². The average Bonchev–Trinajstić information content (AvgIpc) is 2.77. The second-order valence-corrected chi connectivity index (χ2v) is 6.87. The fraction of sp³-hybridized carbons (Fsp3) is 0.174. The Bertz CT molecular complexity index is 1000. The second kappa shape index (κ2) is 8.05. The van der Waals surface area contributed by atoms with E-state index in [0.29, 0.717) is 30.8 Å². The number of hydrogen-bond acceptors (Lipinski definition) is 3. The molecule has 2 amide bonds. The smallest absolute Gasteiger partial charge is 0.254 e. The molecular weight excluding hydrogens is 350 g/mol. The maximum Gasteiger partial charge on any atom is 0.254 e. The van der Waals surface area contributed by atoms with Gasteiger partial charge in [-0.3, -0.25) is 14.6 Å². The zero-order chi connectivity index (χ0) is 19.3. The zero-order valence-corrected chi connectivity index (χ0v) is 15.5. The summed E-state index contributed by atoms with van der Waals surface area (Å²) >= 11 is 0. The van der Waals surface area contributed by atoms with Gasteiger partial charge in [0.1, 0.15) is 0 Å². The molecule has 1 aliphatic heterocycles. The Morgan fingerprint density at radius 3 is 2.61 bits per heavy atom. The van der Waals surface area contributed by atoms with Crippen molar-refractivity contribution in [1.29, 1.82) is 0 Å². The third kappa shape index (κ3) is 3.93. The van der Waals surface area contributed by atoms with E-state index in [1.165, 1.54) is 11.1 Å². The Hall–Kier alpha value is -3.47. The van der Waals surface area contributed by atoms with Crippen molar-refractivity contribution in [2.75, 3.05) is 6.54 Å². The van der Waals surface area contributed by atoms with Gasteiger partial charge in [0.05, 0.1) is 0 Å². The summed E-state index contributed by atoms with van der Waals surface area (Å²) in [5, 5.41) is 2.87. The van der Waals surface area contributed by atoms with Gasteiger partial charge < -0.3 is 10.2 Å². The molecule has 1 aliphatic rings. The molecule has 0 unspecified atom stereocenters. The summed E-state index contributed by atoms with van der Waals surface area (Å²) in [4.78, 5) is 31.3. The van der Waals surface area contributed by atoms with E-state index in [4.69, 9.17) is 0 Å². The van der Waals surface area contributed by atoms with Crippen molar-refractivity contribution >= 4 is 11.8 Å². The van der Waals surface area contributed by atoms with Gasteiger partial charge >= 0.3 is 0 Å². The molecule has 0 spiro atoms. The maximum atomic E-state index is 12.9. The highest BCUT2D eigenvalue weighted by Crippen LogP contribution is 2.20. The van der Waals surface area contributed by atoms with Crippen molar-refractivity contribution in [2.24, 2.45) is 0 Å². The first kappa shape index (κ1) is 17.9. The van der Waals surface area contributed by atoms with Crippen molar-refractivity contribution in [1.82, 2.24) is 15.2 Å². The highest BCUT2D eigenvalue weighted by molar-refractivity contribution is 5.99. The van der Waals surface area contributed by atoms with E-state index in [0.717, 1.165) is 12.0 Å². The molecular formula is C23H21N3O2. The number of carbonyl (C=O) groups excluding carboxylic acids is 2. The number of nitrogens with zero attached hydrogens (tertiary/aromatic N) is 2. The minimum atomic E-state index is -0.206. The molecule has 2 aromatic carbocycles. The van der Waals surface area contributed by atoms with Crippen molar-refractivity contribution in [3.63, 3.8) is 0 Å². The first-order chi connectivity index (χ1) is 13.7. The van der Waals surface area contributed by atoms with E-state index in [-0.39, 0.29) is 11.8 Å². The Morgan fingerprint density at radius 2 is 1.79 bits per heavy atom. The fourth-order valence-electron chi connectivity index (χ4n) is 3.43. The summed E-state index contributed by atoms with van der Waals surface area (Å²) in [5.74, 6) is -0.251.